The first kappa shape index (κ1) is 17.8. The van der Waals surface area contributed by atoms with Gasteiger partial charge in [0.05, 0.1) is 52.7 Å². The Kier molecular flexibility index (Phi) is 9.71. The lowest BCUT2D eigenvalue weighted by Crippen LogP contribution is -2.53. The number of β-lactam (4-membered cyclic amide) rings is 1. The van der Waals surface area contributed by atoms with Gasteiger partial charge in [0, 0.05) is 7.11 Å². The Morgan fingerprint density at radius 2 is 1.48 bits per heavy atom. The second-order valence-corrected chi connectivity index (χ2v) is 4.32. The zero-order valence-corrected chi connectivity index (χ0v) is 12.3. The topological polar surface area (TPSA) is 92.3 Å². The van der Waals surface area contributed by atoms with E-state index in [-0.39, 0.29) is 18.9 Å². The average Bonchev–Trinajstić information content (AvgIpc) is 2.45. The van der Waals surface area contributed by atoms with Crippen molar-refractivity contribution in [2.24, 2.45) is 0 Å². The van der Waals surface area contributed by atoms with Gasteiger partial charge in [-0.15, -0.1) is 0 Å². The third-order valence-electron chi connectivity index (χ3n) is 2.66. The van der Waals surface area contributed by atoms with E-state index in [1.807, 2.05) is 0 Å². The van der Waals surface area contributed by atoms with Crippen molar-refractivity contribution in [2.45, 2.75) is 12.5 Å². The molecule has 1 N–H and O–H groups in total. The molecule has 122 valence electrons. The molecule has 0 aromatic heterocycles. The number of carbonyl (C=O) groups is 2. The van der Waals surface area contributed by atoms with Crippen molar-refractivity contribution in [3.8, 4) is 0 Å². The van der Waals surface area contributed by atoms with Crippen LogP contribution in [-0.2, 0) is 33.3 Å². The van der Waals surface area contributed by atoms with Gasteiger partial charge in [-0.3, -0.25) is 4.79 Å². The van der Waals surface area contributed by atoms with Gasteiger partial charge in [-0.05, 0) is 0 Å². The summed E-state index contributed by atoms with van der Waals surface area (Å²) in [6.07, 6.45) is 0.208. The number of hydrogen-bond acceptors (Lipinski definition) is 7. The van der Waals surface area contributed by atoms with Crippen molar-refractivity contribution >= 4 is 11.9 Å². The lowest BCUT2D eigenvalue weighted by atomic mass is 10.1. The maximum atomic E-state index is 11.3. The van der Waals surface area contributed by atoms with E-state index in [1.54, 1.807) is 7.11 Å². The van der Waals surface area contributed by atoms with E-state index in [1.165, 1.54) is 0 Å². The molecular weight excluding hydrogens is 282 g/mol. The van der Waals surface area contributed by atoms with Gasteiger partial charge < -0.3 is 29.0 Å². The van der Waals surface area contributed by atoms with Crippen molar-refractivity contribution < 1.29 is 33.3 Å². The van der Waals surface area contributed by atoms with Crippen molar-refractivity contribution in [1.29, 1.82) is 0 Å². The van der Waals surface area contributed by atoms with Crippen LogP contribution >= 0.6 is 0 Å². The molecule has 0 aliphatic carbocycles. The van der Waals surface area contributed by atoms with Gasteiger partial charge in [0.15, 0.2) is 0 Å². The maximum Gasteiger partial charge on any atom is 0.329 e. The summed E-state index contributed by atoms with van der Waals surface area (Å²) < 4.78 is 25.5. The molecule has 1 amide bonds. The minimum absolute atomic E-state index is 0.128. The van der Waals surface area contributed by atoms with Crippen LogP contribution in [-0.4, -0.2) is 77.9 Å². The number of rotatable bonds is 13. The highest BCUT2D eigenvalue weighted by molar-refractivity contribution is 5.94. The van der Waals surface area contributed by atoms with Gasteiger partial charge >= 0.3 is 5.97 Å². The summed E-state index contributed by atoms with van der Waals surface area (Å²) >= 11 is 0. The van der Waals surface area contributed by atoms with Gasteiger partial charge in [0.25, 0.3) is 0 Å². The summed E-state index contributed by atoms with van der Waals surface area (Å²) in [5.41, 5.74) is 0. The van der Waals surface area contributed by atoms with Crippen LogP contribution in [0, 0.1) is 0 Å². The standard InChI is InChI=1S/C13H23NO7/c1-17-2-3-18-4-5-19-6-7-20-8-9-21-13(16)11-10-12(15)14-11/h11H,2-10H2,1H3,(H,14,15). The fourth-order valence-electron chi connectivity index (χ4n) is 1.49. The molecule has 8 nitrogen and oxygen atoms in total. The summed E-state index contributed by atoms with van der Waals surface area (Å²) in [7, 11) is 1.62. The first-order valence-corrected chi connectivity index (χ1v) is 6.92. The Morgan fingerprint density at radius 1 is 1.00 bits per heavy atom. The quantitative estimate of drug-likeness (QED) is 0.268. The van der Waals surface area contributed by atoms with Crippen LogP contribution < -0.4 is 5.32 Å². The fraction of sp³-hybridized carbons (Fsp3) is 0.846. The van der Waals surface area contributed by atoms with Crippen LogP contribution in [0.5, 0.6) is 0 Å². The SMILES string of the molecule is COCCOCCOCCOCCOC(=O)C1CC(=O)N1. The van der Waals surface area contributed by atoms with Crippen LogP contribution in [0.3, 0.4) is 0 Å². The van der Waals surface area contributed by atoms with Gasteiger partial charge in [-0.25, -0.2) is 4.79 Å². The van der Waals surface area contributed by atoms with E-state index < -0.39 is 12.0 Å². The lowest BCUT2D eigenvalue weighted by Gasteiger charge is -2.24. The summed E-state index contributed by atoms with van der Waals surface area (Å²) in [4.78, 5) is 21.9. The second kappa shape index (κ2) is 11.4. The number of ether oxygens (including phenoxy) is 5. The molecule has 1 saturated heterocycles. The monoisotopic (exact) mass is 305 g/mol. The fourth-order valence-corrected chi connectivity index (χ4v) is 1.49. The third kappa shape index (κ3) is 8.61. The van der Waals surface area contributed by atoms with E-state index in [0.29, 0.717) is 46.2 Å². The highest BCUT2D eigenvalue weighted by Crippen LogP contribution is 2.05. The van der Waals surface area contributed by atoms with E-state index in [0.717, 1.165) is 0 Å². The van der Waals surface area contributed by atoms with Crippen LogP contribution in [0.25, 0.3) is 0 Å². The zero-order chi connectivity index (χ0) is 15.3. The van der Waals surface area contributed by atoms with Crippen molar-refractivity contribution in [2.75, 3.05) is 60.0 Å². The minimum Gasteiger partial charge on any atom is -0.462 e. The highest BCUT2D eigenvalue weighted by Gasteiger charge is 2.32. The molecule has 8 heteroatoms. The van der Waals surface area contributed by atoms with Crippen LogP contribution in [0.2, 0.25) is 0 Å². The molecule has 1 fully saturated rings. The Labute approximate surface area is 124 Å². The molecule has 1 aliphatic rings. The first-order chi connectivity index (χ1) is 10.2. The maximum absolute atomic E-state index is 11.3. The molecule has 0 aromatic rings. The Morgan fingerprint density at radius 3 is 1.95 bits per heavy atom. The first-order valence-electron chi connectivity index (χ1n) is 6.92. The van der Waals surface area contributed by atoms with Crippen molar-refractivity contribution in [3.63, 3.8) is 0 Å². The van der Waals surface area contributed by atoms with Crippen molar-refractivity contribution in [1.82, 2.24) is 5.32 Å². The molecule has 0 spiro atoms. The highest BCUT2D eigenvalue weighted by atomic mass is 16.6. The number of hydrogen-bond donors (Lipinski definition) is 1. The van der Waals surface area contributed by atoms with Gasteiger partial charge in [0.1, 0.15) is 12.6 Å². The van der Waals surface area contributed by atoms with E-state index in [9.17, 15) is 9.59 Å². The second-order valence-electron chi connectivity index (χ2n) is 4.32. The number of carbonyl (C=O) groups excluding carboxylic acids is 2. The molecular formula is C13H23NO7. The van der Waals surface area contributed by atoms with E-state index in [2.05, 4.69) is 5.32 Å². The van der Waals surface area contributed by atoms with Gasteiger partial charge in [-0.2, -0.15) is 0 Å². The molecule has 21 heavy (non-hydrogen) atoms. The number of nitrogens with one attached hydrogen (secondary N) is 1. The third-order valence-corrected chi connectivity index (χ3v) is 2.66. The predicted molar refractivity (Wildman–Crippen MR) is 71.8 cm³/mol. The van der Waals surface area contributed by atoms with Crippen LogP contribution in [0.1, 0.15) is 6.42 Å². The minimum atomic E-state index is -0.487. The van der Waals surface area contributed by atoms with E-state index >= 15 is 0 Å². The number of methoxy groups -OCH3 is 1. The van der Waals surface area contributed by atoms with Crippen molar-refractivity contribution in [3.05, 3.63) is 0 Å². The predicted octanol–water partition coefficient (Wildman–Crippen LogP) is -0.886. The summed E-state index contributed by atoms with van der Waals surface area (Å²) in [6, 6.07) is -0.487. The largest absolute Gasteiger partial charge is 0.462 e. The lowest BCUT2D eigenvalue weighted by molar-refractivity contribution is -0.154. The van der Waals surface area contributed by atoms with Crippen LogP contribution in [0.15, 0.2) is 0 Å². The summed E-state index contributed by atoms with van der Waals surface area (Å²) in [5, 5.41) is 2.44. The molecule has 1 aliphatic heterocycles. The molecule has 0 aromatic carbocycles. The molecule has 1 atom stereocenters. The average molecular weight is 305 g/mol. The summed E-state index contributed by atoms with van der Waals surface area (Å²) in [5.74, 6) is -0.542. The molecule has 0 radical (unpaired) electrons. The molecule has 0 saturated carbocycles. The molecule has 1 rings (SSSR count). The Hall–Kier alpha value is -1.22. The molecule has 1 unspecified atom stereocenters. The van der Waals surface area contributed by atoms with Gasteiger partial charge in [-0.1, -0.05) is 0 Å². The smallest absolute Gasteiger partial charge is 0.329 e. The Bertz CT molecular complexity index is 303. The number of esters is 1. The van der Waals surface area contributed by atoms with Gasteiger partial charge in [0.2, 0.25) is 5.91 Å². The zero-order valence-electron chi connectivity index (χ0n) is 12.3. The van der Waals surface area contributed by atoms with E-state index in [4.69, 9.17) is 23.7 Å². The molecule has 0 bridgehead atoms. The van der Waals surface area contributed by atoms with Crippen LogP contribution in [0.4, 0.5) is 0 Å². The number of amides is 1. The molecule has 1 heterocycles. The normalized spacial score (nSPS) is 17.2. The Balaban J connectivity index is 1.74. The summed E-state index contributed by atoms with van der Waals surface area (Å²) in [6.45, 7) is 3.52.